The van der Waals surface area contributed by atoms with E-state index in [0.717, 1.165) is 43.2 Å². The van der Waals surface area contributed by atoms with Crippen molar-refractivity contribution >= 4 is 17.3 Å². The number of piperidine rings is 1. The lowest BCUT2D eigenvalue weighted by molar-refractivity contribution is -0.160. The van der Waals surface area contributed by atoms with Gasteiger partial charge in [-0.25, -0.2) is 4.98 Å². The minimum Gasteiger partial charge on any atom is -0.466 e. The summed E-state index contributed by atoms with van der Waals surface area (Å²) in [6.07, 6.45) is 2.60. The molecule has 1 aliphatic rings. The summed E-state index contributed by atoms with van der Waals surface area (Å²) in [6.45, 7) is 9.75. The molecule has 6 heteroatoms. The first-order valence-corrected chi connectivity index (χ1v) is 9.71. The number of rotatable bonds is 8. The molecule has 1 unspecified atom stereocenters. The van der Waals surface area contributed by atoms with Crippen LogP contribution >= 0.6 is 11.3 Å². The third-order valence-corrected chi connectivity index (χ3v) is 5.52. The number of likely N-dealkylation sites (tertiary alicyclic amines) is 1. The zero-order chi connectivity index (χ0) is 17.6. The number of hydrogen-bond acceptors (Lipinski definition) is 6. The van der Waals surface area contributed by atoms with Gasteiger partial charge in [0.05, 0.1) is 24.3 Å². The lowest BCUT2D eigenvalue weighted by atomic mass is 9.77. The highest BCUT2D eigenvalue weighted by Crippen LogP contribution is 2.36. The smallest absolute Gasteiger partial charge is 0.313 e. The minimum absolute atomic E-state index is 0.0752. The summed E-state index contributed by atoms with van der Waals surface area (Å²) in [5.74, 6) is 0.380. The predicted molar refractivity (Wildman–Crippen MR) is 96.3 cm³/mol. The van der Waals surface area contributed by atoms with Gasteiger partial charge in [0.25, 0.3) is 0 Å². The Balaban J connectivity index is 2.07. The molecule has 5 nitrogen and oxygen atoms in total. The highest BCUT2D eigenvalue weighted by molar-refractivity contribution is 7.09. The Bertz CT molecular complexity index is 532. The molecule has 1 aliphatic heterocycles. The summed E-state index contributed by atoms with van der Waals surface area (Å²) in [7, 11) is 1.68. The number of ether oxygens (including phenoxy) is 2. The number of aromatic nitrogens is 1. The lowest BCUT2D eigenvalue weighted by Gasteiger charge is -2.40. The molecule has 2 rings (SSSR count). The van der Waals surface area contributed by atoms with Gasteiger partial charge in [0.2, 0.25) is 0 Å². The molecule has 136 valence electrons. The van der Waals surface area contributed by atoms with Gasteiger partial charge < -0.3 is 9.47 Å². The third-order valence-electron chi connectivity index (χ3n) is 4.67. The fraction of sp³-hybridized carbons (Fsp3) is 0.778. The first-order chi connectivity index (χ1) is 11.5. The maximum atomic E-state index is 12.6. The van der Waals surface area contributed by atoms with Crippen LogP contribution in [0.2, 0.25) is 0 Å². The van der Waals surface area contributed by atoms with Crippen LogP contribution in [-0.2, 0) is 20.8 Å². The zero-order valence-electron chi connectivity index (χ0n) is 15.3. The Morgan fingerprint density at radius 1 is 1.50 bits per heavy atom. The second kappa shape index (κ2) is 8.92. The topological polar surface area (TPSA) is 51.7 Å². The predicted octanol–water partition coefficient (Wildman–Crippen LogP) is 3.45. The molecule has 1 aromatic rings. The SMILES string of the molecule is CCOC(=O)C1(CCOC)CCCN(Cc2nc(C(C)C)cs2)C1. The van der Waals surface area contributed by atoms with Crippen LogP contribution in [0, 0.1) is 5.41 Å². The van der Waals surface area contributed by atoms with Crippen LogP contribution in [0.1, 0.15) is 56.7 Å². The largest absolute Gasteiger partial charge is 0.466 e. The molecule has 1 aromatic heterocycles. The Morgan fingerprint density at radius 2 is 2.29 bits per heavy atom. The van der Waals surface area contributed by atoms with E-state index in [0.29, 0.717) is 25.6 Å². The van der Waals surface area contributed by atoms with Gasteiger partial charge in [-0.2, -0.15) is 0 Å². The van der Waals surface area contributed by atoms with E-state index < -0.39 is 5.41 Å². The Hall–Kier alpha value is -0.980. The molecule has 0 aliphatic carbocycles. The van der Waals surface area contributed by atoms with Crippen LogP contribution < -0.4 is 0 Å². The standard InChI is InChI=1S/C18H30N2O3S/c1-5-23-17(21)18(8-10-22-4)7-6-9-20(13-18)11-16-19-15(12-24-16)14(2)3/h12,14H,5-11,13H2,1-4H3. The van der Waals surface area contributed by atoms with Gasteiger partial charge in [0, 0.05) is 25.6 Å². The molecule has 0 saturated carbocycles. The van der Waals surface area contributed by atoms with E-state index in [1.54, 1.807) is 18.4 Å². The van der Waals surface area contributed by atoms with Crippen molar-refractivity contribution in [3.05, 3.63) is 16.1 Å². The van der Waals surface area contributed by atoms with E-state index in [-0.39, 0.29) is 5.97 Å². The number of esters is 1. The van der Waals surface area contributed by atoms with Crippen molar-refractivity contribution in [2.75, 3.05) is 33.4 Å². The molecule has 0 amide bonds. The summed E-state index contributed by atoms with van der Waals surface area (Å²) in [6, 6.07) is 0. The molecule has 2 heterocycles. The molecule has 1 fully saturated rings. The summed E-state index contributed by atoms with van der Waals surface area (Å²) in [5, 5.41) is 3.28. The van der Waals surface area contributed by atoms with E-state index in [1.807, 2.05) is 6.92 Å². The Morgan fingerprint density at radius 3 is 2.92 bits per heavy atom. The maximum Gasteiger partial charge on any atom is 0.313 e. The molecule has 1 atom stereocenters. The van der Waals surface area contributed by atoms with Crippen molar-refractivity contribution < 1.29 is 14.3 Å². The minimum atomic E-state index is -0.442. The van der Waals surface area contributed by atoms with Crippen molar-refractivity contribution in [3.8, 4) is 0 Å². The molecule has 0 N–H and O–H groups in total. The Kier molecular flexibility index (Phi) is 7.19. The van der Waals surface area contributed by atoms with Crippen molar-refractivity contribution in [3.63, 3.8) is 0 Å². The van der Waals surface area contributed by atoms with Crippen molar-refractivity contribution in [1.29, 1.82) is 0 Å². The highest BCUT2D eigenvalue weighted by Gasteiger charge is 2.43. The number of methoxy groups -OCH3 is 1. The normalized spacial score (nSPS) is 22.0. The van der Waals surface area contributed by atoms with Crippen LogP contribution in [-0.4, -0.2) is 49.3 Å². The number of hydrogen-bond donors (Lipinski definition) is 0. The molecule has 0 bridgehead atoms. The Labute approximate surface area is 149 Å². The van der Waals surface area contributed by atoms with Gasteiger partial charge in [-0.1, -0.05) is 13.8 Å². The van der Waals surface area contributed by atoms with Crippen LogP contribution in [0.5, 0.6) is 0 Å². The van der Waals surface area contributed by atoms with Gasteiger partial charge in [0.15, 0.2) is 0 Å². The fourth-order valence-corrected chi connectivity index (χ4v) is 4.27. The lowest BCUT2D eigenvalue weighted by Crippen LogP contribution is -2.48. The van der Waals surface area contributed by atoms with Crippen molar-refractivity contribution in [2.24, 2.45) is 5.41 Å². The second-order valence-corrected chi connectivity index (χ2v) is 7.82. The number of carbonyl (C=O) groups is 1. The van der Waals surface area contributed by atoms with Gasteiger partial charge in [0.1, 0.15) is 5.01 Å². The van der Waals surface area contributed by atoms with E-state index in [1.165, 1.54) is 0 Å². The van der Waals surface area contributed by atoms with Gasteiger partial charge in [-0.15, -0.1) is 11.3 Å². The zero-order valence-corrected chi connectivity index (χ0v) is 16.2. The van der Waals surface area contributed by atoms with Crippen molar-refractivity contribution in [1.82, 2.24) is 9.88 Å². The third kappa shape index (κ3) is 4.77. The van der Waals surface area contributed by atoms with E-state index in [9.17, 15) is 4.79 Å². The van der Waals surface area contributed by atoms with E-state index in [2.05, 4.69) is 24.1 Å². The van der Waals surface area contributed by atoms with E-state index in [4.69, 9.17) is 14.5 Å². The molecular formula is C18H30N2O3S. The highest BCUT2D eigenvalue weighted by atomic mass is 32.1. The summed E-state index contributed by atoms with van der Waals surface area (Å²) in [5.41, 5.74) is 0.714. The first kappa shape index (κ1) is 19.3. The van der Waals surface area contributed by atoms with Gasteiger partial charge >= 0.3 is 5.97 Å². The number of carbonyl (C=O) groups excluding carboxylic acids is 1. The average Bonchev–Trinajstić information content (AvgIpc) is 3.02. The molecule has 0 aromatic carbocycles. The van der Waals surface area contributed by atoms with Crippen LogP contribution in [0.4, 0.5) is 0 Å². The maximum absolute atomic E-state index is 12.6. The summed E-state index contributed by atoms with van der Waals surface area (Å²) < 4.78 is 10.6. The molecular weight excluding hydrogens is 324 g/mol. The molecule has 1 saturated heterocycles. The summed E-state index contributed by atoms with van der Waals surface area (Å²) in [4.78, 5) is 19.7. The van der Waals surface area contributed by atoms with Crippen LogP contribution in [0.25, 0.3) is 0 Å². The molecule has 0 spiro atoms. The van der Waals surface area contributed by atoms with Gasteiger partial charge in [-0.3, -0.25) is 9.69 Å². The van der Waals surface area contributed by atoms with Crippen LogP contribution in [0.15, 0.2) is 5.38 Å². The van der Waals surface area contributed by atoms with Gasteiger partial charge in [-0.05, 0) is 38.6 Å². The van der Waals surface area contributed by atoms with E-state index >= 15 is 0 Å². The quantitative estimate of drug-likeness (QED) is 0.669. The monoisotopic (exact) mass is 354 g/mol. The van der Waals surface area contributed by atoms with Crippen LogP contribution in [0.3, 0.4) is 0 Å². The molecule has 0 radical (unpaired) electrons. The number of nitrogens with zero attached hydrogens (tertiary/aromatic N) is 2. The average molecular weight is 355 g/mol. The van der Waals surface area contributed by atoms with Crippen molar-refractivity contribution in [2.45, 2.75) is 52.5 Å². The number of thiazole rings is 1. The summed E-state index contributed by atoms with van der Waals surface area (Å²) >= 11 is 1.71. The second-order valence-electron chi connectivity index (χ2n) is 6.88. The fourth-order valence-electron chi connectivity index (χ4n) is 3.27. The first-order valence-electron chi connectivity index (χ1n) is 8.83. The molecule has 24 heavy (non-hydrogen) atoms.